The molecular formula is C40H88N3O15PY-2. The SMILES string of the molecule is CCC(C)CC.CCC(C)CC.CCCNC(=O)COCCO[C@@H]1OC(CO)[C@@H](C)C(O)[C@@H]1O.CNC(C)=O.COP(C)(=O)O.C[N-][C@@H]1OC(CO)[C@@H](C)C(O)[C@@H]1O.[CH3-].[Y]. The fraction of sp³-hybridized carbons (Fsp3) is 0.925. The molecule has 0 bridgehead atoms. The Labute approximate surface area is 388 Å². The molecule has 18 nitrogen and oxygen atoms in total. The molecule has 2 amide bonds. The summed E-state index contributed by atoms with van der Waals surface area (Å²) in [5.74, 6) is 1.01. The van der Waals surface area contributed by atoms with E-state index in [0.29, 0.717) is 6.54 Å². The summed E-state index contributed by atoms with van der Waals surface area (Å²) in [6, 6.07) is 0. The number of nitrogens with zero attached hydrogens (tertiary/aromatic N) is 1. The van der Waals surface area contributed by atoms with Crippen LogP contribution in [0.5, 0.6) is 0 Å². The molecule has 0 spiro atoms. The molecule has 0 aromatic rings. The zero-order chi connectivity index (χ0) is 46.0. The second-order valence-electron chi connectivity index (χ2n) is 14.3. The van der Waals surface area contributed by atoms with Crippen LogP contribution in [0, 0.1) is 31.1 Å². The summed E-state index contributed by atoms with van der Waals surface area (Å²) in [7, 11) is 1.15. The third kappa shape index (κ3) is 37.2. The van der Waals surface area contributed by atoms with E-state index in [0.717, 1.165) is 24.9 Å². The zero-order valence-electron chi connectivity index (χ0n) is 39.6. The van der Waals surface area contributed by atoms with Gasteiger partial charge in [-0.15, -0.1) is 0 Å². The van der Waals surface area contributed by atoms with Crippen molar-refractivity contribution in [3.63, 3.8) is 0 Å². The van der Waals surface area contributed by atoms with Crippen molar-refractivity contribution in [2.75, 3.05) is 67.4 Å². The number of nitrogens with one attached hydrogen (secondary N) is 2. The van der Waals surface area contributed by atoms with Crippen LogP contribution in [0.15, 0.2) is 0 Å². The van der Waals surface area contributed by atoms with Crippen LogP contribution in [0.2, 0.25) is 0 Å². The van der Waals surface area contributed by atoms with Crippen molar-refractivity contribution in [3.05, 3.63) is 12.7 Å². The molecule has 1 radical (unpaired) electrons. The third-order valence-corrected chi connectivity index (χ3v) is 10.2. The number of hydrogen-bond donors (Lipinski definition) is 9. The molecule has 20 heteroatoms. The number of hydrogen-bond acceptors (Lipinski definition) is 14. The smallest absolute Gasteiger partial charge is 0.324 e. The van der Waals surface area contributed by atoms with Gasteiger partial charge in [-0.3, -0.25) is 14.2 Å². The van der Waals surface area contributed by atoms with Crippen LogP contribution in [0.25, 0.3) is 5.32 Å². The molecule has 0 aliphatic carbocycles. The first kappa shape index (κ1) is 71.4. The third-order valence-electron chi connectivity index (χ3n) is 9.55. The van der Waals surface area contributed by atoms with Crippen molar-refractivity contribution in [1.82, 2.24) is 10.6 Å². The maximum atomic E-state index is 11.3. The number of rotatable bonds is 16. The van der Waals surface area contributed by atoms with E-state index in [1.54, 1.807) is 20.9 Å². The molecule has 363 valence electrons. The van der Waals surface area contributed by atoms with E-state index in [9.17, 15) is 39.7 Å². The van der Waals surface area contributed by atoms with Gasteiger partial charge in [-0.25, -0.2) is 0 Å². The molecule has 11 atom stereocenters. The van der Waals surface area contributed by atoms with E-state index in [1.165, 1.54) is 46.8 Å². The first-order valence-electron chi connectivity index (χ1n) is 20.4. The minimum atomic E-state index is -3.15. The van der Waals surface area contributed by atoms with Crippen molar-refractivity contribution < 1.29 is 106 Å². The van der Waals surface area contributed by atoms with Gasteiger partial charge in [-0.2, -0.15) is 7.05 Å². The first-order valence-corrected chi connectivity index (χ1v) is 22.4. The van der Waals surface area contributed by atoms with Gasteiger partial charge in [0.1, 0.15) is 12.7 Å². The summed E-state index contributed by atoms with van der Waals surface area (Å²) < 4.78 is 35.1. The van der Waals surface area contributed by atoms with Crippen molar-refractivity contribution in [3.8, 4) is 0 Å². The number of ether oxygens (including phenoxy) is 4. The summed E-state index contributed by atoms with van der Waals surface area (Å²) in [5, 5.41) is 65.7. The monoisotopic (exact) mass is 971 g/mol. The van der Waals surface area contributed by atoms with Gasteiger partial charge in [0.25, 0.3) is 0 Å². The average Bonchev–Trinajstić information content (AvgIpc) is 3.22. The number of carbonyl (C=O) groups excluding carboxylic acids is 2. The number of aliphatic hydroxyl groups is 6. The summed E-state index contributed by atoms with van der Waals surface area (Å²) in [6.45, 7) is 21.8. The van der Waals surface area contributed by atoms with Crippen LogP contribution in [0.1, 0.15) is 101 Å². The van der Waals surface area contributed by atoms with Gasteiger partial charge < -0.3 is 82.4 Å². The number of aliphatic hydroxyl groups excluding tert-OH is 6. The Morgan fingerprint density at radius 3 is 1.53 bits per heavy atom. The Morgan fingerprint density at radius 1 is 0.817 bits per heavy atom. The van der Waals surface area contributed by atoms with Crippen LogP contribution in [-0.4, -0.2) is 164 Å². The predicted octanol–water partition coefficient (Wildman–Crippen LogP) is 3.22. The molecule has 60 heavy (non-hydrogen) atoms. The molecule has 0 aromatic heterocycles. The Bertz CT molecular complexity index is 983. The Hall–Kier alpha value is -0.246. The van der Waals surface area contributed by atoms with E-state index in [2.05, 4.69) is 62.0 Å². The van der Waals surface area contributed by atoms with Gasteiger partial charge in [0.05, 0.1) is 56.9 Å². The first-order chi connectivity index (χ1) is 27.1. The Kier molecular flexibility index (Phi) is 52.3. The van der Waals surface area contributed by atoms with Crippen LogP contribution < -0.4 is 10.6 Å². The van der Waals surface area contributed by atoms with E-state index in [1.807, 2.05) is 6.92 Å². The molecule has 2 heterocycles. The molecular weight excluding hydrogens is 882 g/mol. The summed E-state index contributed by atoms with van der Waals surface area (Å²) in [5.41, 5.74) is 0. The summed E-state index contributed by atoms with van der Waals surface area (Å²) >= 11 is 0. The maximum Gasteiger partial charge on any atom is 0.324 e. The van der Waals surface area contributed by atoms with Gasteiger partial charge >= 0.3 is 7.60 Å². The predicted molar refractivity (Wildman–Crippen MR) is 232 cm³/mol. The molecule has 2 fully saturated rings. The number of amides is 2. The fourth-order valence-electron chi connectivity index (χ4n) is 4.20. The molecule has 2 aliphatic heterocycles. The number of likely N-dealkylation sites (N-methyl/N-ethyl adjacent to an activating group) is 1. The van der Waals surface area contributed by atoms with E-state index in [4.69, 9.17) is 28.9 Å². The molecule has 2 aliphatic rings. The molecule has 9 N–H and O–H groups in total. The quantitative estimate of drug-likeness (QED) is 0.0611. The molecule has 5 unspecified atom stereocenters. The average molecular weight is 971 g/mol. The van der Waals surface area contributed by atoms with Crippen molar-refractivity contribution in [1.29, 1.82) is 0 Å². The number of carbonyl (C=O) groups is 2. The molecule has 2 saturated heterocycles. The van der Waals surface area contributed by atoms with Crippen LogP contribution in [-0.2, 0) is 70.3 Å². The zero-order valence-corrected chi connectivity index (χ0v) is 43.3. The minimum Gasteiger partial charge on any atom is -0.637 e. The van der Waals surface area contributed by atoms with Gasteiger partial charge in [-0.1, -0.05) is 88.0 Å². The van der Waals surface area contributed by atoms with Crippen LogP contribution in [0.3, 0.4) is 0 Å². The van der Waals surface area contributed by atoms with Crippen molar-refractivity contribution in [2.45, 2.75) is 150 Å². The normalized spacial score (nSPS) is 26.3. The summed E-state index contributed by atoms with van der Waals surface area (Å²) in [4.78, 5) is 29.1. The van der Waals surface area contributed by atoms with Crippen molar-refractivity contribution >= 4 is 19.4 Å². The van der Waals surface area contributed by atoms with Crippen LogP contribution >= 0.6 is 7.60 Å². The van der Waals surface area contributed by atoms with Crippen molar-refractivity contribution in [2.24, 2.45) is 23.7 Å². The maximum absolute atomic E-state index is 11.3. The Morgan fingerprint density at radius 2 is 1.22 bits per heavy atom. The molecule has 0 saturated carbocycles. The minimum absolute atomic E-state index is 0. The fourth-order valence-corrected chi connectivity index (χ4v) is 4.20. The van der Waals surface area contributed by atoms with Gasteiger partial charge in [0.15, 0.2) is 6.29 Å². The second kappa shape index (κ2) is 44.0. The van der Waals surface area contributed by atoms with Gasteiger partial charge in [0, 0.05) is 78.8 Å². The Balaban J connectivity index is -0.000000163. The van der Waals surface area contributed by atoms with E-state index < -0.39 is 62.7 Å². The van der Waals surface area contributed by atoms with E-state index in [-0.39, 0.29) is 90.9 Å². The molecule has 2 rings (SSSR count). The van der Waals surface area contributed by atoms with Gasteiger partial charge in [0.2, 0.25) is 11.8 Å². The second-order valence-corrected chi connectivity index (χ2v) is 16.3. The standard InChI is InChI=1S/C14H27NO7.C8H16NO4.2C6H14.C3H7NO.C2H7O3P.CH3.Y/c1-3-4-15-11(17)8-20-5-6-21-14-13(19)12(18)9(2)10(7-16)22-14;1-4-5(3-10)13-8(9-2)7(12)6(4)11;2*1-4-6(3)5-2;1-3(5)4-2;1-5-6(2,3)4;;/h9-10,12-14,16,18-19H,3-8H2,1-2H3,(H,15,17);4-8,10-12H,3H2,1-2H3;2*6H,4-5H2,1-3H3;1-2H3,(H,4,5);1-2H3,(H,3,4);1H3;/q;-1;;;;;-1;/t9-,10?,12?,13+,14-;4-,5?,6?,7+,8-;;;;;;/m11....../s1. The van der Waals surface area contributed by atoms with Crippen LogP contribution in [0.4, 0.5) is 0 Å². The van der Waals surface area contributed by atoms with E-state index >= 15 is 0 Å². The topological polar surface area (TPSA) is 277 Å². The largest absolute Gasteiger partial charge is 0.637 e. The molecule has 0 aromatic carbocycles. The summed E-state index contributed by atoms with van der Waals surface area (Å²) in [6.07, 6.45) is -0.733. The van der Waals surface area contributed by atoms with Gasteiger partial charge in [-0.05, 0) is 24.5 Å².